The van der Waals surface area contributed by atoms with Crippen molar-refractivity contribution in [2.75, 3.05) is 0 Å². The summed E-state index contributed by atoms with van der Waals surface area (Å²) in [6, 6.07) is 9.09. The van der Waals surface area contributed by atoms with Gasteiger partial charge in [0.05, 0.1) is 0 Å². The maximum atomic E-state index is 3.85. The highest BCUT2D eigenvalue weighted by molar-refractivity contribution is 9.09. The van der Waals surface area contributed by atoms with Gasteiger partial charge in [0.15, 0.2) is 0 Å². The zero-order valence-corrected chi connectivity index (χ0v) is 13.3. The molecular formula is C16H25Br. The largest absolute Gasteiger partial charge is 0.0836 e. The lowest BCUT2D eigenvalue weighted by molar-refractivity contribution is 0.486. The molecule has 1 aromatic rings. The Balaban J connectivity index is 2.87. The third-order valence-corrected chi connectivity index (χ3v) is 4.83. The average Bonchev–Trinajstić information content (AvgIpc) is 2.29. The normalized spacial score (nSPS) is 14.1. The summed E-state index contributed by atoms with van der Waals surface area (Å²) in [5.41, 5.74) is 3.06. The maximum Gasteiger partial charge on any atom is 0.0423 e. The van der Waals surface area contributed by atoms with E-state index in [0.29, 0.717) is 4.83 Å². The quantitative estimate of drug-likeness (QED) is 0.611. The van der Waals surface area contributed by atoms with Crippen molar-refractivity contribution < 1.29 is 0 Å². The first-order valence-electron chi connectivity index (χ1n) is 6.64. The zero-order valence-electron chi connectivity index (χ0n) is 11.8. The Hall–Kier alpha value is -0.300. The van der Waals surface area contributed by atoms with E-state index in [0.717, 1.165) is 5.92 Å². The smallest absolute Gasteiger partial charge is 0.0423 e. The predicted octanol–water partition coefficient (Wildman–Crippen LogP) is 5.86. The Bertz CT molecular complexity index is 328. The lowest BCUT2D eigenvalue weighted by atomic mass is 9.85. The summed E-state index contributed by atoms with van der Waals surface area (Å²) in [5, 5.41) is 0. The fraction of sp³-hybridized carbons (Fsp3) is 0.625. The van der Waals surface area contributed by atoms with Gasteiger partial charge in [0, 0.05) is 4.83 Å². The number of benzene rings is 1. The molecule has 0 fully saturated rings. The second-order valence-electron chi connectivity index (χ2n) is 5.85. The minimum absolute atomic E-state index is 0.245. The van der Waals surface area contributed by atoms with Crippen LogP contribution in [0.3, 0.4) is 0 Å². The van der Waals surface area contributed by atoms with Gasteiger partial charge in [0.2, 0.25) is 0 Å². The van der Waals surface area contributed by atoms with E-state index in [9.17, 15) is 0 Å². The van der Waals surface area contributed by atoms with Crippen molar-refractivity contribution in [3.8, 4) is 0 Å². The third kappa shape index (κ3) is 3.84. The molecule has 1 heteroatoms. The average molecular weight is 297 g/mol. The molecule has 0 amide bonds. The molecule has 0 heterocycles. The summed E-state index contributed by atoms with van der Waals surface area (Å²) in [4.78, 5) is 0.492. The van der Waals surface area contributed by atoms with Crippen LogP contribution >= 0.6 is 15.9 Å². The second kappa shape index (κ2) is 6.04. The SMILES string of the molecule is CCC(CC)C(Br)c1ccc(C(C)(C)C)cc1. The van der Waals surface area contributed by atoms with Gasteiger partial charge >= 0.3 is 0 Å². The molecule has 0 radical (unpaired) electrons. The van der Waals surface area contributed by atoms with E-state index in [4.69, 9.17) is 0 Å². The van der Waals surface area contributed by atoms with E-state index in [1.165, 1.54) is 24.0 Å². The molecule has 96 valence electrons. The van der Waals surface area contributed by atoms with E-state index < -0.39 is 0 Å². The molecule has 0 aliphatic rings. The number of hydrogen-bond donors (Lipinski definition) is 0. The fourth-order valence-electron chi connectivity index (χ4n) is 2.14. The van der Waals surface area contributed by atoms with Crippen LogP contribution in [0.2, 0.25) is 0 Å². The van der Waals surface area contributed by atoms with Gasteiger partial charge in [-0.3, -0.25) is 0 Å². The first-order chi connectivity index (χ1) is 7.90. The topological polar surface area (TPSA) is 0 Å². The number of rotatable bonds is 4. The van der Waals surface area contributed by atoms with Gasteiger partial charge in [0.1, 0.15) is 0 Å². The molecule has 1 aromatic carbocycles. The molecule has 0 saturated carbocycles. The van der Waals surface area contributed by atoms with Gasteiger partial charge in [-0.2, -0.15) is 0 Å². The minimum atomic E-state index is 0.245. The van der Waals surface area contributed by atoms with Crippen molar-refractivity contribution in [1.29, 1.82) is 0 Å². The Labute approximate surface area is 115 Å². The van der Waals surface area contributed by atoms with E-state index in [1.54, 1.807) is 0 Å². The molecule has 0 aliphatic heterocycles. The van der Waals surface area contributed by atoms with Crippen molar-refractivity contribution in [2.24, 2.45) is 5.92 Å². The van der Waals surface area contributed by atoms with Gasteiger partial charge in [0.25, 0.3) is 0 Å². The highest BCUT2D eigenvalue weighted by Gasteiger charge is 2.18. The van der Waals surface area contributed by atoms with Crippen LogP contribution in [0, 0.1) is 5.92 Å². The first kappa shape index (κ1) is 14.8. The van der Waals surface area contributed by atoms with Crippen LogP contribution < -0.4 is 0 Å². The van der Waals surface area contributed by atoms with Gasteiger partial charge in [-0.15, -0.1) is 0 Å². The highest BCUT2D eigenvalue weighted by Crippen LogP contribution is 2.35. The number of alkyl halides is 1. The van der Waals surface area contributed by atoms with Crippen molar-refractivity contribution in [2.45, 2.75) is 57.7 Å². The van der Waals surface area contributed by atoms with E-state index >= 15 is 0 Å². The second-order valence-corrected chi connectivity index (χ2v) is 6.84. The summed E-state index contributed by atoms with van der Waals surface area (Å²) in [5.74, 6) is 0.732. The van der Waals surface area contributed by atoms with Crippen LogP contribution in [0.25, 0.3) is 0 Å². The van der Waals surface area contributed by atoms with Crippen molar-refractivity contribution >= 4 is 15.9 Å². The standard InChI is InChI=1S/C16H25Br/c1-6-12(7-2)15(17)13-8-10-14(11-9-13)16(3,4)5/h8-12,15H,6-7H2,1-5H3. The Morgan fingerprint density at radius 2 is 1.47 bits per heavy atom. The Morgan fingerprint density at radius 3 is 1.82 bits per heavy atom. The van der Waals surface area contributed by atoms with Crippen LogP contribution in [-0.2, 0) is 5.41 Å². The van der Waals surface area contributed by atoms with Crippen molar-refractivity contribution in [1.82, 2.24) is 0 Å². The van der Waals surface area contributed by atoms with Crippen LogP contribution in [0.15, 0.2) is 24.3 Å². The summed E-state index contributed by atoms with van der Waals surface area (Å²) < 4.78 is 0. The predicted molar refractivity (Wildman–Crippen MR) is 80.9 cm³/mol. The molecule has 1 unspecified atom stereocenters. The molecule has 0 nitrogen and oxygen atoms in total. The van der Waals surface area contributed by atoms with Crippen LogP contribution in [0.1, 0.15) is 63.4 Å². The molecule has 0 aromatic heterocycles. The number of halogens is 1. The fourth-order valence-corrected chi connectivity index (χ4v) is 3.19. The zero-order chi connectivity index (χ0) is 13.1. The maximum absolute atomic E-state index is 3.85. The number of hydrogen-bond acceptors (Lipinski definition) is 0. The minimum Gasteiger partial charge on any atom is -0.0836 e. The first-order valence-corrected chi connectivity index (χ1v) is 7.56. The lowest BCUT2D eigenvalue weighted by Crippen LogP contribution is -2.11. The Morgan fingerprint density at radius 1 is 1.00 bits per heavy atom. The van der Waals surface area contributed by atoms with Gasteiger partial charge in [-0.1, -0.05) is 87.7 Å². The summed E-state index contributed by atoms with van der Waals surface area (Å²) in [6.45, 7) is 11.3. The molecule has 0 spiro atoms. The summed E-state index contributed by atoms with van der Waals surface area (Å²) in [7, 11) is 0. The van der Waals surface area contributed by atoms with Gasteiger partial charge in [-0.25, -0.2) is 0 Å². The monoisotopic (exact) mass is 296 g/mol. The molecule has 17 heavy (non-hydrogen) atoms. The van der Waals surface area contributed by atoms with E-state index in [2.05, 4.69) is 74.8 Å². The summed E-state index contributed by atoms with van der Waals surface area (Å²) >= 11 is 3.85. The molecular weight excluding hydrogens is 272 g/mol. The van der Waals surface area contributed by atoms with Crippen molar-refractivity contribution in [3.63, 3.8) is 0 Å². The third-order valence-electron chi connectivity index (χ3n) is 3.56. The summed E-state index contributed by atoms with van der Waals surface area (Å²) in [6.07, 6.45) is 2.46. The van der Waals surface area contributed by atoms with Crippen LogP contribution in [-0.4, -0.2) is 0 Å². The van der Waals surface area contributed by atoms with E-state index in [1.807, 2.05) is 0 Å². The molecule has 0 aliphatic carbocycles. The molecule has 1 atom stereocenters. The van der Waals surface area contributed by atoms with Crippen molar-refractivity contribution in [3.05, 3.63) is 35.4 Å². The van der Waals surface area contributed by atoms with Gasteiger partial charge < -0.3 is 0 Å². The highest BCUT2D eigenvalue weighted by atomic mass is 79.9. The van der Waals surface area contributed by atoms with E-state index in [-0.39, 0.29) is 5.41 Å². The molecule has 0 bridgehead atoms. The molecule has 0 N–H and O–H groups in total. The Kier molecular flexibility index (Phi) is 5.24. The molecule has 1 rings (SSSR count). The lowest BCUT2D eigenvalue weighted by Gasteiger charge is -2.22. The van der Waals surface area contributed by atoms with Crippen LogP contribution in [0.4, 0.5) is 0 Å². The van der Waals surface area contributed by atoms with Crippen LogP contribution in [0.5, 0.6) is 0 Å². The van der Waals surface area contributed by atoms with Gasteiger partial charge in [-0.05, 0) is 22.5 Å². The molecule has 0 saturated heterocycles.